The molecule has 96 valence electrons. The summed E-state index contributed by atoms with van der Waals surface area (Å²) in [5.41, 5.74) is 5.45. The third-order valence-electron chi connectivity index (χ3n) is 4.30. The van der Waals surface area contributed by atoms with Crippen LogP contribution in [-0.4, -0.2) is 16.2 Å². The van der Waals surface area contributed by atoms with E-state index in [1.54, 1.807) is 0 Å². The molecule has 0 aromatic rings. The molecule has 0 bridgehead atoms. The Morgan fingerprint density at radius 1 is 1.06 bits per heavy atom. The Balaban J connectivity index is 3.05. The van der Waals surface area contributed by atoms with Gasteiger partial charge in [0.05, 0.1) is 5.60 Å². The highest BCUT2D eigenvalue weighted by Gasteiger charge is 2.53. The average Bonchev–Trinajstić information content (AvgIpc) is 1.96. The Morgan fingerprint density at radius 2 is 1.44 bits per heavy atom. The number of rotatable bonds is 2. The minimum absolute atomic E-state index is 0.173. The minimum atomic E-state index is -0.729. The molecular weight excluding hydrogens is 198 g/mol. The molecule has 0 spiro atoms. The summed E-state index contributed by atoms with van der Waals surface area (Å²) in [6, 6.07) is 0. The number of nitrogens with two attached hydrogens (primary N) is 1. The zero-order valence-corrected chi connectivity index (χ0v) is 11.9. The molecule has 2 nitrogen and oxygen atoms in total. The van der Waals surface area contributed by atoms with Crippen LogP contribution in [0, 0.1) is 10.8 Å². The molecule has 1 unspecified atom stereocenters. The molecule has 0 aliphatic heterocycles. The smallest absolute Gasteiger partial charge is 0.0833 e. The maximum atomic E-state index is 10.9. The summed E-state index contributed by atoms with van der Waals surface area (Å²) in [7, 11) is 0. The van der Waals surface area contributed by atoms with E-state index in [4.69, 9.17) is 5.73 Å². The van der Waals surface area contributed by atoms with Gasteiger partial charge in [-0.05, 0) is 43.4 Å². The van der Waals surface area contributed by atoms with Gasteiger partial charge in [0.15, 0.2) is 0 Å². The molecule has 1 saturated carbocycles. The van der Waals surface area contributed by atoms with Crippen molar-refractivity contribution in [3.63, 3.8) is 0 Å². The maximum Gasteiger partial charge on any atom is 0.0833 e. The second-order valence-corrected chi connectivity index (χ2v) is 7.66. The van der Waals surface area contributed by atoms with Crippen molar-refractivity contribution in [3.8, 4) is 0 Å². The van der Waals surface area contributed by atoms with Gasteiger partial charge in [0, 0.05) is 5.54 Å². The van der Waals surface area contributed by atoms with Crippen LogP contribution in [-0.2, 0) is 0 Å². The summed E-state index contributed by atoms with van der Waals surface area (Å²) >= 11 is 0. The second-order valence-electron chi connectivity index (χ2n) is 7.66. The lowest BCUT2D eigenvalue weighted by Gasteiger charge is -2.55. The van der Waals surface area contributed by atoms with Gasteiger partial charge in [-0.2, -0.15) is 0 Å². The normalized spacial score (nSPS) is 30.8. The third-order valence-corrected chi connectivity index (χ3v) is 4.30. The van der Waals surface area contributed by atoms with Crippen LogP contribution in [0.3, 0.4) is 0 Å². The van der Waals surface area contributed by atoms with Crippen molar-refractivity contribution in [1.29, 1.82) is 0 Å². The largest absolute Gasteiger partial charge is 0.388 e. The van der Waals surface area contributed by atoms with E-state index >= 15 is 0 Å². The molecular formula is C14H29NO. The Morgan fingerprint density at radius 3 is 1.75 bits per heavy atom. The molecule has 2 heteroatoms. The van der Waals surface area contributed by atoms with Crippen molar-refractivity contribution in [3.05, 3.63) is 0 Å². The topological polar surface area (TPSA) is 46.2 Å². The van der Waals surface area contributed by atoms with Crippen LogP contribution in [0.2, 0.25) is 0 Å². The SMILES string of the molecule is CCC(C)(N)C1(O)CC(C)(C)CC(C)(C)C1. The van der Waals surface area contributed by atoms with Crippen molar-refractivity contribution >= 4 is 0 Å². The molecule has 0 amide bonds. The predicted octanol–water partition coefficient (Wildman–Crippen LogP) is 3.08. The Hall–Kier alpha value is -0.0800. The fourth-order valence-electron chi connectivity index (χ4n) is 3.80. The van der Waals surface area contributed by atoms with Gasteiger partial charge in [-0.15, -0.1) is 0 Å². The lowest BCUT2D eigenvalue weighted by molar-refractivity contribution is -0.128. The summed E-state index contributed by atoms with van der Waals surface area (Å²) in [4.78, 5) is 0. The molecule has 0 aromatic carbocycles. The highest BCUT2D eigenvalue weighted by Crippen LogP contribution is 2.53. The molecule has 0 aromatic heterocycles. The molecule has 1 fully saturated rings. The second kappa shape index (κ2) is 3.71. The lowest BCUT2D eigenvalue weighted by Crippen LogP contribution is -2.63. The molecule has 1 rings (SSSR count). The van der Waals surface area contributed by atoms with Crippen LogP contribution in [0.1, 0.15) is 67.2 Å². The number of hydrogen-bond donors (Lipinski definition) is 2. The first-order valence-electron chi connectivity index (χ1n) is 6.44. The van der Waals surface area contributed by atoms with Crippen LogP contribution < -0.4 is 5.73 Å². The van der Waals surface area contributed by atoms with Crippen molar-refractivity contribution in [2.24, 2.45) is 16.6 Å². The number of hydrogen-bond acceptors (Lipinski definition) is 2. The van der Waals surface area contributed by atoms with Crippen molar-refractivity contribution in [2.75, 3.05) is 0 Å². The van der Waals surface area contributed by atoms with Crippen LogP contribution in [0.15, 0.2) is 0 Å². The van der Waals surface area contributed by atoms with E-state index < -0.39 is 11.1 Å². The van der Waals surface area contributed by atoms with Gasteiger partial charge in [0.2, 0.25) is 0 Å². The van der Waals surface area contributed by atoms with Gasteiger partial charge in [-0.25, -0.2) is 0 Å². The highest BCUT2D eigenvalue weighted by molar-refractivity contribution is 5.08. The van der Waals surface area contributed by atoms with Crippen LogP contribution in [0.25, 0.3) is 0 Å². The molecule has 0 saturated heterocycles. The van der Waals surface area contributed by atoms with E-state index in [9.17, 15) is 5.11 Å². The zero-order valence-electron chi connectivity index (χ0n) is 11.9. The Kier molecular flexibility index (Phi) is 3.24. The summed E-state index contributed by atoms with van der Waals surface area (Å²) < 4.78 is 0. The quantitative estimate of drug-likeness (QED) is 0.761. The van der Waals surface area contributed by atoms with E-state index in [0.717, 1.165) is 25.7 Å². The summed E-state index contributed by atoms with van der Waals surface area (Å²) in [5.74, 6) is 0. The Labute approximate surface area is 101 Å². The number of aliphatic hydroxyl groups is 1. The molecule has 1 atom stereocenters. The van der Waals surface area contributed by atoms with Gasteiger partial charge >= 0.3 is 0 Å². The summed E-state index contributed by atoms with van der Waals surface area (Å²) in [6.07, 6.45) is 3.59. The standard InChI is InChI=1S/C14H29NO/c1-7-13(6,15)14(16)9-11(2,3)8-12(4,5)10-14/h16H,7-10,15H2,1-6H3. The Bertz CT molecular complexity index is 250. The first kappa shape index (κ1) is 14.0. The van der Waals surface area contributed by atoms with Crippen molar-refractivity contribution in [2.45, 2.75) is 78.4 Å². The third kappa shape index (κ3) is 2.60. The zero-order chi connectivity index (χ0) is 12.8. The van der Waals surface area contributed by atoms with E-state index in [1.807, 2.05) is 6.92 Å². The monoisotopic (exact) mass is 227 g/mol. The van der Waals surface area contributed by atoms with Crippen LogP contribution in [0.5, 0.6) is 0 Å². The summed E-state index contributed by atoms with van der Waals surface area (Å²) in [6.45, 7) is 13.0. The molecule has 0 heterocycles. The van der Waals surface area contributed by atoms with Crippen LogP contribution in [0.4, 0.5) is 0 Å². The predicted molar refractivity (Wildman–Crippen MR) is 69.2 cm³/mol. The van der Waals surface area contributed by atoms with Gasteiger partial charge in [-0.3, -0.25) is 0 Å². The molecule has 3 N–H and O–H groups in total. The van der Waals surface area contributed by atoms with Crippen molar-refractivity contribution in [1.82, 2.24) is 0 Å². The minimum Gasteiger partial charge on any atom is -0.388 e. The first-order chi connectivity index (χ1) is 6.93. The van der Waals surface area contributed by atoms with Gasteiger partial charge in [0.1, 0.15) is 0 Å². The van der Waals surface area contributed by atoms with Gasteiger partial charge in [0.25, 0.3) is 0 Å². The van der Waals surface area contributed by atoms with E-state index in [-0.39, 0.29) is 10.8 Å². The molecule has 16 heavy (non-hydrogen) atoms. The van der Waals surface area contributed by atoms with Gasteiger partial charge < -0.3 is 10.8 Å². The van der Waals surface area contributed by atoms with Crippen molar-refractivity contribution < 1.29 is 5.11 Å². The first-order valence-corrected chi connectivity index (χ1v) is 6.44. The fourth-order valence-corrected chi connectivity index (χ4v) is 3.80. The van der Waals surface area contributed by atoms with Gasteiger partial charge in [-0.1, -0.05) is 34.6 Å². The van der Waals surface area contributed by atoms with Crippen LogP contribution >= 0.6 is 0 Å². The van der Waals surface area contributed by atoms with E-state index in [0.29, 0.717) is 0 Å². The summed E-state index contributed by atoms with van der Waals surface area (Å²) in [5, 5.41) is 10.9. The lowest BCUT2D eigenvalue weighted by atomic mass is 9.55. The average molecular weight is 227 g/mol. The van der Waals surface area contributed by atoms with E-state index in [1.165, 1.54) is 0 Å². The highest BCUT2D eigenvalue weighted by atomic mass is 16.3. The molecule has 0 radical (unpaired) electrons. The molecule has 1 aliphatic rings. The maximum absolute atomic E-state index is 10.9. The fraction of sp³-hybridized carbons (Fsp3) is 1.00. The van der Waals surface area contributed by atoms with E-state index in [2.05, 4.69) is 34.6 Å². The molecule has 1 aliphatic carbocycles.